The van der Waals surface area contributed by atoms with Gasteiger partial charge in [0.05, 0.1) is 18.8 Å². The molecule has 0 saturated heterocycles. The Balaban J connectivity index is 1.38. The van der Waals surface area contributed by atoms with E-state index in [1.54, 1.807) is 0 Å². The summed E-state index contributed by atoms with van der Waals surface area (Å²) in [4.78, 5) is 16.3. The maximum Gasteiger partial charge on any atom is 0.220 e. The van der Waals surface area contributed by atoms with Gasteiger partial charge in [-0.15, -0.1) is 0 Å². The number of imidazole rings is 1. The van der Waals surface area contributed by atoms with Gasteiger partial charge >= 0.3 is 0 Å². The number of nitrogens with zero attached hydrogens (tertiary/aromatic N) is 2. The van der Waals surface area contributed by atoms with Crippen LogP contribution in [-0.4, -0.2) is 21.9 Å². The Bertz CT molecular complexity index is 793. The predicted octanol–water partition coefficient (Wildman–Crippen LogP) is 3.12. The van der Waals surface area contributed by atoms with Crippen molar-refractivity contribution in [1.29, 1.82) is 0 Å². The van der Waals surface area contributed by atoms with Gasteiger partial charge in [-0.1, -0.05) is 18.2 Å². The lowest BCUT2D eigenvalue weighted by Crippen LogP contribution is -2.23. The second kappa shape index (κ2) is 7.64. The van der Waals surface area contributed by atoms with Gasteiger partial charge in [-0.2, -0.15) is 0 Å². The van der Waals surface area contributed by atoms with Crippen molar-refractivity contribution in [2.45, 2.75) is 26.3 Å². The highest BCUT2D eigenvalue weighted by molar-refractivity contribution is 5.75. The van der Waals surface area contributed by atoms with E-state index in [-0.39, 0.29) is 5.91 Å². The summed E-state index contributed by atoms with van der Waals surface area (Å²) in [5.41, 5.74) is 2.90. The summed E-state index contributed by atoms with van der Waals surface area (Å²) in [6.07, 6.45) is 5.00. The number of rotatable bonds is 7. The number of hydrogen-bond donors (Lipinski definition) is 1. The van der Waals surface area contributed by atoms with E-state index in [1.165, 1.54) is 0 Å². The van der Waals surface area contributed by atoms with Gasteiger partial charge in [0.25, 0.3) is 0 Å². The van der Waals surface area contributed by atoms with Crippen LogP contribution in [-0.2, 0) is 11.3 Å². The lowest BCUT2D eigenvalue weighted by atomic mass is 10.2. The average molecular weight is 323 g/mol. The number of benzene rings is 1. The average Bonchev–Trinajstić information content (AvgIpc) is 3.00. The number of carbonyl (C=O) groups is 1. The zero-order valence-electron chi connectivity index (χ0n) is 13.7. The Morgan fingerprint density at radius 1 is 1.25 bits per heavy atom. The minimum atomic E-state index is 0.0138. The second-order valence-electron chi connectivity index (χ2n) is 5.74. The maximum absolute atomic E-state index is 11.9. The molecule has 0 atom stereocenters. The standard InChI is InChI=1S/C19H21N3O2/c1-15-6-4-7-17(12-15)24-11-5-9-19(23)20-13-16-14-22-10-3-2-8-18(22)21-16/h2-4,6-8,10,12,14H,5,9,11,13H2,1H3,(H,20,23). The van der Waals surface area contributed by atoms with E-state index in [0.717, 1.165) is 22.7 Å². The molecule has 1 N–H and O–H groups in total. The molecule has 0 aliphatic carbocycles. The predicted molar refractivity (Wildman–Crippen MR) is 92.9 cm³/mol. The van der Waals surface area contributed by atoms with Gasteiger partial charge in [-0.25, -0.2) is 4.98 Å². The zero-order chi connectivity index (χ0) is 16.8. The molecule has 0 fully saturated rings. The number of aryl methyl sites for hydroxylation is 1. The third-order valence-corrected chi connectivity index (χ3v) is 3.69. The fourth-order valence-corrected chi connectivity index (χ4v) is 2.48. The van der Waals surface area contributed by atoms with Crippen molar-refractivity contribution in [2.75, 3.05) is 6.61 Å². The Hall–Kier alpha value is -2.82. The SMILES string of the molecule is Cc1cccc(OCCCC(=O)NCc2cn3ccccc3n2)c1. The van der Waals surface area contributed by atoms with Crippen LogP contribution in [0.1, 0.15) is 24.1 Å². The molecule has 1 aromatic carbocycles. The number of amides is 1. The van der Waals surface area contributed by atoms with Crippen molar-refractivity contribution in [3.05, 3.63) is 66.1 Å². The van der Waals surface area contributed by atoms with E-state index in [1.807, 2.05) is 66.2 Å². The highest BCUT2D eigenvalue weighted by Gasteiger charge is 2.05. The molecule has 0 aliphatic heterocycles. The smallest absolute Gasteiger partial charge is 0.220 e. The highest BCUT2D eigenvalue weighted by atomic mass is 16.5. The number of nitrogens with one attached hydrogen (secondary N) is 1. The molecule has 0 saturated carbocycles. The van der Waals surface area contributed by atoms with Gasteiger partial charge in [0, 0.05) is 18.8 Å². The molecule has 0 aliphatic rings. The van der Waals surface area contributed by atoms with Crippen LogP contribution in [0.2, 0.25) is 0 Å². The Labute approximate surface area is 141 Å². The monoisotopic (exact) mass is 323 g/mol. The quantitative estimate of drug-likeness (QED) is 0.680. The van der Waals surface area contributed by atoms with Crippen LogP contribution in [0, 0.1) is 6.92 Å². The fourth-order valence-electron chi connectivity index (χ4n) is 2.48. The molecule has 0 spiro atoms. The number of aromatic nitrogens is 2. The van der Waals surface area contributed by atoms with Gasteiger partial charge in [-0.05, 0) is 43.2 Å². The first-order chi connectivity index (χ1) is 11.7. The Morgan fingerprint density at radius 2 is 2.17 bits per heavy atom. The number of fused-ring (bicyclic) bond motifs is 1. The lowest BCUT2D eigenvalue weighted by Gasteiger charge is -2.07. The third kappa shape index (κ3) is 4.35. The molecule has 124 valence electrons. The third-order valence-electron chi connectivity index (χ3n) is 3.69. The normalized spacial score (nSPS) is 10.7. The molecule has 5 heteroatoms. The van der Waals surface area contributed by atoms with Crippen LogP contribution in [0.3, 0.4) is 0 Å². The number of carbonyl (C=O) groups excluding carboxylic acids is 1. The molecule has 0 unspecified atom stereocenters. The summed E-state index contributed by atoms with van der Waals surface area (Å²) in [5, 5.41) is 2.90. The van der Waals surface area contributed by atoms with Crippen molar-refractivity contribution in [3.63, 3.8) is 0 Å². The van der Waals surface area contributed by atoms with E-state index in [0.29, 0.717) is 26.0 Å². The first kappa shape index (κ1) is 16.1. The summed E-state index contributed by atoms with van der Waals surface area (Å²) in [6.45, 7) is 3.00. The zero-order valence-corrected chi connectivity index (χ0v) is 13.7. The van der Waals surface area contributed by atoms with Gasteiger partial charge in [-0.3, -0.25) is 4.79 Å². The highest BCUT2D eigenvalue weighted by Crippen LogP contribution is 2.12. The van der Waals surface area contributed by atoms with Crippen LogP contribution >= 0.6 is 0 Å². The van der Waals surface area contributed by atoms with Gasteiger partial charge in [0.1, 0.15) is 11.4 Å². The molecule has 5 nitrogen and oxygen atoms in total. The Kier molecular flexibility index (Phi) is 5.11. The molecular formula is C19H21N3O2. The molecule has 3 aromatic rings. The summed E-state index contributed by atoms with van der Waals surface area (Å²) in [7, 11) is 0. The topological polar surface area (TPSA) is 55.6 Å². The van der Waals surface area contributed by atoms with Gasteiger partial charge in [0.15, 0.2) is 0 Å². The van der Waals surface area contributed by atoms with Crippen LogP contribution in [0.15, 0.2) is 54.9 Å². The van der Waals surface area contributed by atoms with Gasteiger partial charge < -0.3 is 14.5 Å². The van der Waals surface area contributed by atoms with Crippen molar-refractivity contribution in [2.24, 2.45) is 0 Å². The van der Waals surface area contributed by atoms with Crippen LogP contribution in [0.25, 0.3) is 5.65 Å². The van der Waals surface area contributed by atoms with Crippen molar-refractivity contribution in [1.82, 2.24) is 14.7 Å². The summed E-state index contributed by atoms with van der Waals surface area (Å²) in [6, 6.07) is 13.7. The van der Waals surface area contributed by atoms with Crippen molar-refractivity contribution >= 4 is 11.6 Å². The maximum atomic E-state index is 11.9. The second-order valence-corrected chi connectivity index (χ2v) is 5.74. The van der Waals surface area contributed by atoms with E-state index in [2.05, 4.69) is 10.3 Å². The minimum absolute atomic E-state index is 0.0138. The summed E-state index contributed by atoms with van der Waals surface area (Å²) in [5.74, 6) is 0.861. The van der Waals surface area contributed by atoms with Crippen molar-refractivity contribution in [3.8, 4) is 5.75 Å². The number of pyridine rings is 1. The Morgan fingerprint density at radius 3 is 3.00 bits per heavy atom. The number of hydrogen-bond acceptors (Lipinski definition) is 3. The van der Waals surface area contributed by atoms with Crippen LogP contribution < -0.4 is 10.1 Å². The molecule has 0 radical (unpaired) electrons. The van der Waals surface area contributed by atoms with E-state index in [4.69, 9.17) is 4.74 Å². The largest absolute Gasteiger partial charge is 0.494 e. The van der Waals surface area contributed by atoms with Gasteiger partial charge in [0.2, 0.25) is 5.91 Å². The number of ether oxygens (including phenoxy) is 1. The molecule has 2 heterocycles. The first-order valence-electron chi connectivity index (χ1n) is 8.09. The summed E-state index contributed by atoms with van der Waals surface area (Å²) < 4.78 is 7.59. The molecule has 0 bridgehead atoms. The van der Waals surface area contributed by atoms with Crippen LogP contribution in [0.4, 0.5) is 0 Å². The van der Waals surface area contributed by atoms with E-state index in [9.17, 15) is 4.79 Å². The van der Waals surface area contributed by atoms with Crippen molar-refractivity contribution < 1.29 is 9.53 Å². The van der Waals surface area contributed by atoms with E-state index < -0.39 is 0 Å². The van der Waals surface area contributed by atoms with Crippen LogP contribution in [0.5, 0.6) is 5.75 Å². The first-order valence-corrected chi connectivity index (χ1v) is 8.09. The summed E-state index contributed by atoms with van der Waals surface area (Å²) >= 11 is 0. The van der Waals surface area contributed by atoms with E-state index >= 15 is 0 Å². The molecule has 3 rings (SSSR count). The molecule has 2 aromatic heterocycles. The lowest BCUT2D eigenvalue weighted by molar-refractivity contribution is -0.121. The fraction of sp³-hybridized carbons (Fsp3) is 0.263. The minimum Gasteiger partial charge on any atom is -0.494 e. The molecule has 24 heavy (non-hydrogen) atoms. The molecule has 1 amide bonds. The molecular weight excluding hydrogens is 302 g/mol.